The standard InChI is InChI=1S/C9H8BrIO2/c10-7-3-6(4-8(11)5-7)9-12-1-2-13-9/h3-5,9H,1-2H2. The van der Waals surface area contributed by atoms with Crippen LogP contribution in [0.4, 0.5) is 0 Å². The van der Waals surface area contributed by atoms with Crippen LogP contribution in [0.5, 0.6) is 0 Å². The lowest BCUT2D eigenvalue weighted by Crippen LogP contribution is -1.98. The van der Waals surface area contributed by atoms with Gasteiger partial charge in [-0.1, -0.05) is 15.9 Å². The molecule has 0 unspecified atom stereocenters. The van der Waals surface area contributed by atoms with Crippen LogP contribution in [0.3, 0.4) is 0 Å². The Kier molecular flexibility index (Phi) is 3.23. The van der Waals surface area contributed by atoms with E-state index in [9.17, 15) is 0 Å². The van der Waals surface area contributed by atoms with Crippen molar-refractivity contribution in [1.82, 2.24) is 0 Å². The Balaban J connectivity index is 2.28. The van der Waals surface area contributed by atoms with Gasteiger partial charge in [-0.05, 0) is 40.8 Å². The van der Waals surface area contributed by atoms with Crippen LogP contribution in [-0.4, -0.2) is 13.2 Å². The maximum atomic E-state index is 5.40. The molecule has 13 heavy (non-hydrogen) atoms. The van der Waals surface area contributed by atoms with Crippen LogP contribution in [0.2, 0.25) is 0 Å². The second kappa shape index (κ2) is 4.25. The molecule has 0 amide bonds. The van der Waals surface area contributed by atoms with Crippen LogP contribution < -0.4 is 0 Å². The molecule has 0 radical (unpaired) electrons. The van der Waals surface area contributed by atoms with E-state index in [1.807, 2.05) is 6.07 Å². The third-order valence-electron chi connectivity index (χ3n) is 1.78. The van der Waals surface area contributed by atoms with Crippen molar-refractivity contribution >= 4 is 38.5 Å². The SMILES string of the molecule is Brc1cc(I)cc(C2OCCO2)c1. The van der Waals surface area contributed by atoms with Crippen molar-refractivity contribution in [3.8, 4) is 0 Å². The molecule has 1 aliphatic rings. The fourth-order valence-electron chi connectivity index (χ4n) is 1.26. The third-order valence-corrected chi connectivity index (χ3v) is 2.86. The second-order valence-corrected chi connectivity index (χ2v) is 4.94. The molecule has 1 aromatic carbocycles. The van der Waals surface area contributed by atoms with Crippen LogP contribution in [0.25, 0.3) is 0 Å². The van der Waals surface area contributed by atoms with Gasteiger partial charge in [0.1, 0.15) is 0 Å². The van der Waals surface area contributed by atoms with E-state index in [1.165, 1.54) is 3.57 Å². The molecule has 0 saturated carbocycles. The Morgan fingerprint density at radius 1 is 1.23 bits per heavy atom. The summed E-state index contributed by atoms with van der Waals surface area (Å²) in [4.78, 5) is 0. The van der Waals surface area contributed by atoms with Gasteiger partial charge in [0.25, 0.3) is 0 Å². The lowest BCUT2D eigenvalue weighted by molar-refractivity contribution is -0.0441. The van der Waals surface area contributed by atoms with Crippen LogP contribution >= 0.6 is 38.5 Å². The summed E-state index contributed by atoms with van der Waals surface area (Å²) in [5.74, 6) is 0. The van der Waals surface area contributed by atoms with E-state index in [0.717, 1.165) is 10.0 Å². The Bertz CT molecular complexity index is 290. The quantitative estimate of drug-likeness (QED) is 0.721. The number of rotatable bonds is 1. The molecule has 2 nitrogen and oxygen atoms in total. The molecule has 0 bridgehead atoms. The molecule has 0 aromatic heterocycles. The highest BCUT2D eigenvalue weighted by Crippen LogP contribution is 2.27. The summed E-state index contributed by atoms with van der Waals surface area (Å²) in [6.45, 7) is 1.38. The third kappa shape index (κ3) is 2.43. The van der Waals surface area contributed by atoms with E-state index in [-0.39, 0.29) is 6.29 Å². The molecule has 70 valence electrons. The van der Waals surface area contributed by atoms with Crippen molar-refractivity contribution in [3.05, 3.63) is 31.8 Å². The predicted octanol–water partition coefficient (Wildman–Crippen LogP) is 3.10. The molecule has 1 heterocycles. The number of hydrogen-bond acceptors (Lipinski definition) is 2. The van der Waals surface area contributed by atoms with Crippen LogP contribution in [0.1, 0.15) is 11.9 Å². The van der Waals surface area contributed by atoms with Crippen molar-refractivity contribution in [2.45, 2.75) is 6.29 Å². The summed E-state index contributed by atoms with van der Waals surface area (Å²) in [6, 6.07) is 6.15. The van der Waals surface area contributed by atoms with Crippen molar-refractivity contribution in [1.29, 1.82) is 0 Å². The number of ether oxygens (including phenoxy) is 2. The molecule has 1 aliphatic heterocycles. The molecule has 4 heteroatoms. The molecule has 0 aliphatic carbocycles. The highest BCUT2D eigenvalue weighted by atomic mass is 127. The topological polar surface area (TPSA) is 18.5 Å². The molecular formula is C9H8BrIO2. The van der Waals surface area contributed by atoms with Gasteiger partial charge in [0, 0.05) is 13.6 Å². The fourth-order valence-corrected chi connectivity index (χ4v) is 2.90. The Hall–Kier alpha value is 0.350. The van der Waals surface area contributed by atoms with Gasteiger partial charge < -0.3 is 9.47 Å². The Morgan fingerprint density at radius 2 is 1.92 bits per heavy atom. The summed E-state index contributed by atoms with van der Waals surface area (Å²) >= 11 is 5.72. The molecule has 0 N–H and O–H groups in total. The normalized spacial score (nSPS) is 18.0. The van der Waals surface area contributed by atoms with E-state index >= 15 is 0 Å². The lowest BCUT2D eigenvalue weighted by atomic mass is 10.2. The maximum absolute atomic E-state index is 5.40. The van der Waals surface area contributed by atoms with Crippen LogP contribution in [0, 0.1) is 3.57 Å². The smallest absolute Gasteiger partial charge is 0.184 e. The van der Waals surface area contributed by atoms with Crippen molar-refractivity contribution in [2.24, 2.45) is 0 Å². The molecule has 2 rings (SSSR count). The first kappa shape index (κ1) is 9.89. The van der Waals surface area contributed by atoms with Gasteiger partial charge in [0.15, 0.2) is 6.29 Å². The summed E-state index contributed by atoms with van der Waals surface area (Å²) in [5, 5.41) is 0. The van der Waals surface area contributed by atoms with Gasteiger partial charge in [0.2, 0.25) is 0 Å². The Morgan fingerprint density at radius 3 is 2.54 bits per heavy atom. The number of halogens is 2. The summed E-state index contributed by atoms with van der Waals surface area (Å²) in [5.41, 5.74) is 1.08. The molecule has 1 fully saturated rings. The average Bonchev–Trinajstić information content (AvgIpc) is 2.53. The molecule has 1 saturated heterocycles. The van der Waals surface area contributed by atoms with E-state index in [2.05, 4.69) is 50.7 Å². The van der Waals surface area contributed by atoms with Crippen molar-refractivity contribution < 1.29 is 9.47 Å². The van der Waals surface area contributed by atoms with Gasteiger partial charge in [-0.25, -0.2) is 0 Å². The van der Waals surface area contributed by atoms with E-state index in [1.54, 1.807) is 0 Å². The highest BCUT2D eigenvalue weighted by Gasteiger charge is 2.18. The van der Waals surface area contributed by atoms with E-state index in [4.69, 9.17) is 9.47 Å². The Labute approximate surface area is 98.9 Å². The van der Waals surface area contributed by atoms with Gasteiger partial charge in [0.05, 0.1) is 13.2 Å². The first-order chi connectivity index (χ1) is 6.25. The monoisotopic (exact) mass is 354 g/mol. The van der Waals surface area contributed by atoms with Crippen molar-refractivity contribution in [3.63, 3.8) is 0 Å². The highest BCUT2D eigenvalue weighted by molar-refractivity contribution is 14.1. The number of benzene rings is 1. The zero-order valence-corrected chi connectivity index (χ0v) is 10.5. The largest absolute Gasteiger partial charge is 0.346 e. The first-order valence-corrected chi connectivity index (χ1v) is 5.82. The molecule has 0 atom stereocenters. The predicted molar refractivity (Wildman–Crippen MR) is 61.5 cm³/mol. The van der Waals surface area contributed by atoms with Gasteiger partial charge in [-0.15, -0.1) is 0 Å². The van der Waals surface area contributed by atoms with Crippen LogP contribution in [0.15, 0.2) is 22.7 Å². The minimum Gasteiger partial charge on any atom is -0.346 e. The maximum Gasteiger partial charge on any atom is 0.184 e. The van der Waals surface area contributed by atoms with E-state index < -0.39 is 0 Å². The zero-order chi connectivity index (χ0) is 9.26. The van der Waals surface area contributed by atoms with E-state index in [0.29, 0.717) is 13.2 Å². The minimum absolute atomic E-state index is 0.175. The average molecular weight is 355 g/mol. The molecule has 0 spiro atoms. The van der Waals surface area contributed by atoms with Gasteiger partial charge in [-0.3, -0.25) is 0 Å². The minimum atomic E-state index is -0.175. The molecular weight excluding hydrogens is 347 g/mol. The summed E-state index contributed by atoms with van der Waals surface area (Å²) in [7, 11) is 0. The second-order valence-electron chi connectivity index (χ2n) is 2.78. The number of hydrogen-bond donors (Lipinski definition) is 0. The first-order valence-electron chi connectivity index (χ1n) is 3.95. The fraction of sp³-hybridized carbons (Fsp3) is 0.333. The lowest BCUT2D eigenvalue weighted by Gasteiger charge is -2.09. The van der Waals surface area contributed by atoms with Gasteiger partial charge >= 0.3 is 0 Å². The summed E-state index contributed by atoms with van der Waals surface area (Å²) in [6.07, 6.45) is -0.175. The zero-order valence-electron chi connectivity index (χ0n) is 6.80. The van der Waals surface area contributed by atoms with Gasteiger partial charge in [-0.2, -0.15) is 0 Å². The summed E-state index contributed by atoms with van der Waals surface area (Å²) < 4.78 is 13.1. The van der Waals surface area contributed by atoms with Crippen molar-refractivity contribution in [2.75, 3.05) is 13.2 Å². The van der Waals surface area contributed by atoms with Crippen LogP contribution in [-0.2, 0) is 9.47 Å². The molecule has 1 aromatic rings.